The molecular formula is C10H10N2O2. The Labute approximate surface area is 82.1 Å². The average molecular weight is 190 g/mol. The molecule has 1 heterocycles. The number of ether oxygens (including phenoxy) is 1. The van der Waals surface area contributed by atoms with Crippen LogP contribution < -0.4 is 0 Å². The summed E-state index contributed by atoms with van der Waals surface area (Å²) < 4.78 is 4.95. The molecule has 0 N–H and O–H groups in total. The molecule has 14 heavy (non-hydrogen) atoms. The maximum atomic E-state index is 10.7. The van der Waals surface area contributed by atoms with Crippen LogP contribution in [0.15, 0.2) is 18.3 Å². The molecule has 1 rings (SSSR count). The van der Waals surface area contributed by atoms with Gasteiger partial charge in [-0.2, -0.15) is 5.26 Å². The van der Waals surface area contributed by atoms with Gasteiger partial charge in [-0.15, -0.1) is 0 Å². The first-order valence-electron chi connectivity index (χ1n) is 4.16. The van der Waals surface area contributed by atoms with Gasteiger partial charge in [0.2, 0.25) is 0 Å². The number of hydrogen-bond acceptors (Lipinski definition) is 4. The molecule has 1 unspecified atom stereocenters. The maximum absolute atomic E-state index is 10.7. The molecule has 72 valence electrons. The lowest BCUT2D eigenvalue weighted by Crippen LogP contribution is -2.05. The first-order valence-corrected chi connectivity index (χ1v) is 4.16. The second-order valence-electron chi connectivity index (χ2n) is 2.84. The number of nitrogens with zero attached hydrogens (tertiary/aromatic N) is 2. The van der Waals surface area contributed by atoms with Crippen LogP contribution in [0.2, 0.25) is 0 Å². The summed E-state index contributed by atoms with van der Waals surface area (Å²) in [4.78, 5) is 14.5. The smallest absolute Gasteiger partial charge is 0.303 e. The molecule has 0 saturated heterocycles. The molecule has 0 amide bonds. The minimum Gasteiger partial charge on any atom is -0.458 e. The van der Waals surface area contributed by atoms with E-state index in [4.69, 9.17) is 10.00 Å². The van der Waals surface area contributed by atoms with Gasteiger partial charge in [0.05, 0.1) is 0 Å². The molecule has 0 aromatic carbocycles. The zero-order valence-electron chi connectivity index (χ0n) is 8.02. The van der Waals surface area contributed by atoms with Crippen molar-refractivity contribution < 1.29 is 9.53 Å². The number of rotatable bonds is 2. The molecule has 0 spiro atoms. The molecule has 1 aromatic rings. The van der Waals surface area contributed by atoms with Crippen molar-refractivity contribution in [1.29, 1.82) is 5.26 Å². The third-order valence-electron chi connectivity index (χ3n) is 1.71. The lowest BCUT2D eigenvalue weighted by atomic mass is 10.2. The van der Waals surface area contributed by atoms with Crippen molar-refractivity contribution in [3.63, 3.8) is 0 Å². The Bertz CT molecular complexity index is 365. The van der Waals surface area contributed by atoms with E-state index >= 15 is 0 Å². The third kappa shape index (κ3) is 2.56. The van der Waals surface area contributed by atoms with E-state index in [-0.39, 0.29) is 12.1 Å². The van der Waals surface area contributed by atoms with Gasteiger partial charge in [0.1, 0.15) is 17.9 Å². The molecule has 0 radical (unpaired) electrons. The normalized spacial score (nSPS) is 11.5. The van der Waals surface area contributed by atoms with E-state index in [2.05, 4.69) is 4.98 Å². The Hall–Kier alpha value is -1.89. The van der Waals surface area contributed by atoms with Gasteiger partial charge in [-0.1, -0.05) is 6.07 Å². The highest BCUT2D eigenvalue weighted by molar-refractivity contribution is 5.66. The standard InChI is InChI=1S/C10H10N2O2/c1-7(14-8(2)13)9-3-4-10(5-11)12-6-9/h3-4,6-7H,1-2H3. The van der Waals surface area contributed by atoms with Crippen LogP contribution >= 0.6 is 0 Å². The lowest BCUT2D eigenvalue weighted by molar-refractivity contribution is -0.145. The van der Waals surface area contributed by atoms with Gasteiger partial charge in [-0.05, 0) is 13.0 Å². The van der Waals surface area contributed by atoms with Crippen molar-refractivity contribution >= 4 is 5.97 Å². The zero-order chi connectivity index (χ0) is 10.6. The molecule has 1 aromatic heterocycles. The van der Waals surface area contributed by atoms with E-state index in [1.165, 1.54) is 13.1 Å². The predicted octanol–water partition coefficient (Wildman–Crippen LogP) is 1.58. The highest BCUT2D eigenvalue weighted by atomic mass is 16.5. The van der Waals surface area contributed by atoms with Gasteiger partial charge < -0.3 is 4.74 Å². The molecule has 0 aliphatic heterocycles. The summed E-state index contributed by atoms with van der Waals surface area (Å²) in [6, 6.07) is 5.23. The Kier molecular flexibility index (Phi) is 3.19. The van der Waals surface area contributed by atoms with E-state index in [9.17, 15) is 4.79 Å². The van der Waals surface area contributed by atoms with Gasteiger partial charge in [0.15, 0.2) is 0 Å². The molecule has 4 nitrogen and oxygen atoms in total. The van der Waals surface area contributed by atoms with Gasteiger partial charge in [-0.3, -0.25) is 4.79 Å². The minimum atomic E-state index is -0.332. The summed E-state index contributed by atoms with van der Waals surface area (Å²) in [6.07, 6.45) is 1.21. The van der Waals surface area contributed by atoms with Crippen LogP contribution in [-0.2, 0) is 9.53 Å². The van der Waals surface area contributed by atoms with Crippen LogP contribution in [-0.4, -0.2) is 11.0 Å². The molecule has 0 saturated carbocycles. The number of esters is 1. The first-order chi connectivity index (χ1) is 6.63. The van der Waals surface area contributed by atoms with Crippen molar-refractivity contribution in [2.45, 2.75) is 20.0 Å². The summed E-state index contributed by atoms with van der Waals surface area (Å²) in [5.41, 5.74) is 1.13. The zero-order valence-corrected chi connectivity index (χ0v) is 8.02. The summed E-state index contributed by atoms with van der Waals surface area (Å²) in [5, 5.41) is 8.51. The second kappa shape index (κ2) is 4.38. The van der Waals surface area contributed by atoms with Crippen molar-refractivity contribution in [2.24, 2.45) is 0 Å². The summed E-state index contributed by atoms with van der Waals surface area (Å²) in [6.45, 7) is 3.11. The second-order valence-corrected chi connectivity index (χ2v) is 2.84. The molecule has 0 aliphatic rings. The molecule has 0 aliphatic carbocycles. The Morgan fingerprint density at radius 2 is 2.36 bits per heavy atom. The number of pyridine rings is 1. The lowest BCUT2D eigenvalue weighted by Gasteiger charge is -2.10. The monoisotopic (exact) mass is 190 g/mol. The van der Waals surface area contributed by atoms with Crippen LogP contribution in [0, 0.1) is 11.3 Å². The summed E-state index contributed by atoms with van der Waals surface area (Å²) in [5.74, 6) is -0.332. The van der Waals surface area contributed by atoms with E-state index < -0.39 is 0 Å². The minimum absolute atomic E-state index is 0.326. The SMILES string of the molecule is CC(=O)OC(C)c1ccc(C#N)nc1. The van der Waals surface area contributed by atoms with E-state index in [1.54, 1.807) is 19.1 Å². The fraction of sp³-hybridized carbons (Fsp3) is 0.300. The van der Waals surface area contributed by atoms with Crippen LogP contribution in [0.25, 0.3) is 0 Å². The third-order valence-corrected chi connectivity index (χ3v) is 1.71. The van der Waals surface area contributed by atoms with Crippen LogP contribution in [0.3, 0.4) is 0 Å². The first kappa shape index (κ1) is 10.2. The fourth-order valence-electron chi connectivity index (χ4n) is 1.03. The fourth-order valence-corrected chi connectivity index (χ4v) is 1.03. The topological polar surface area (TPSA) is 63.0 Å². The quantitative estimate of drug-likeness (QED) is 0.664. The average Bonchev–Trinajstić information content (AvgIpc) is 2.17. The van der Waals surface area contributed by atoms with Crippen molar-refractivity contribution in [3.05, 3.63) is 29.6 Å². The molecule has 0 fully saturated rings. The highest BCUT2D eigenvalue weighted by Crippen LogP contribution is 2.15. The summed E-state index contributed by atoms with van der Waals surface area (Å²) in [7, 11) is 0. The van der Waals surface area contributed by atoms with Crippen LogP contribution in [0.5, 0.6) is 0 Å². The summed E-state index contributed by atoms with van der Waals surface area (Å²) >= 11 is 0. The Morgan fingerprint density at radius 1 is 1.64 bits per heavy atom. The van der Waals surface area contributed by atoms with Crippen molar-refractivity contribution in [2.75, 3.05) is 0 Å². The van der Waals surface area contributed by atoms with Crippen LogP contribution in [0.4, 0.5) is 0 Å². The maximum Gasteiger partial charge on any atom is 0.303 e. The number of carbonyl (C=O) groups excluding carboxylic acids is 1. The van der Waals surface area contributed by atoms with Crippen molar-refractivity contribution in [1.82, 2.24) is 4.98 Å². The van der Waals surface area contributed by atoms with E-state index in [0.717, 1.165) is 5.56 Å². The number of aromatic nitrogens is 1. The highest BCUT2D eigenvalue weighted by Gasteiger charge is 2.08. The van der Waals surface area contributed by atoms with E-state index in [0.29, 0.717) is 5.69 Å². The largest absolute Gasteiger partial charge is 0.458 e. The van der Waals surface area contributed by atoms with Crippen LogP contribution in [0.1, 0.15) is 31.2 Å². The van der Waals surface area contributed by atoms with Gasteiger partial charge in [-0.25, -0.2) is 4.98 Å². The molecule has 0 bridgehead atoms. The molecule has 1 atom stereocenters. The number of hydrogen-bond donors (Lipinski definition) is 0. The predicted molar refractivity (Wildman–Crippen MR) is 49.1 cm³/mol. The number of nitriles is 1. The Balaban J connectivity index is 2.77. The molecule has 4 heteroatoms. The van der Waals surface area contributed by atoms with Crippen molar-refractivity contribution in [3.8, 4) is 6.07 Å². The Morgan fingerprint density at radius 3 is 2.79 bits per heavy atom. The van der Waals surface area contributed by atoms with Gasteiger partial charge in [0, 0.05) is 18.7 Å². The number of carbonyl (C=O) groups is 1. The van der Waals surface area contributed by atoms with Gasteiger partial charge in [0.25, 0.3) is 0 Å². The molecular weight excluding hydrogens is 180 g/mol. The van der Waals surface area contributed by atoms with E-state index in [1.807, 2.05) is 6.07 Å². The van der Waals surface area contributed by atoms with Gasteiger partial charge >= 0.3 is 5.97 Å².